The average Bonchev–Trinajstić information content (AvgIpc) is 0.722. The minimum absolute atomic E-state index is 0. The van der Waals surface area contributed by atoms with Crippen LogP contribution in [0.2, 0.25) is 0 Å². The standard InChI is InChI=1S/Co.Na.H2O4Se/c;;1-5(2,3)4/h;;(H2,1,2,3,4)/q+2;+1;/p-2. The SMILES string of the molecule is O=[Se](=O)([O-])[O-].[Co+2].[Na+]. The van der Waals surface area contributed by atoms with Gasteiger partial charge in [0.1, 0.15) is 0 Å². The van der Waals surface area contributed by atoms with E-state index >= 15 is 0 Å². The molecular formula is CoNaO4Se+. The van der Waals surface area contributed by atoms with Crippen molar-refractivity contribution in [2.45, 2.75) is 0 Å². The molecule has 4 nitrogen and oxygen atoms in total. The van der Waals surface area contributed by atoms with Gasteiger partial charge in [-0.25, -0.2) is 0 Å². The molecule has 1 radical (unpaired) electrons. The second kappa shape index (κ2) is 5.68. The van der Waals surface area contributed by atoms with Gasteiger partial charge in [-0.2, -0.15) is 0 Å². The quantitative estimate of drug-likeness (QED) is 0.384. The van der Waals surface area contributed by atoms with Gasteiger partial charge in [-0.15, -0.1) is 0 Å². The van der Waals surface area contributed by atoms with Crippen molar-refractivity contribution in [3.63, 3.8) is 0 Å². The van der Waals surface area contributed by atoms with E-state index in [0.29, 0.717) is 0 Å². The number of hydrogen-bond acceptors (Lipinski definition) is 4. The maximum Gasteiger partial charge on any atom is 2.00 e. The molecule has 0 amide bonds. The van der Waals surface area contributed by atoms with Crippen LogP contribution in [0.4, 0.5) is 0 Å². The van der Waals surface area contributed by atoms with Crippen LogP contribution in [-0.2, 0) is 24.4 Å². The molecule has 0 aromatic rings. The maximum atomic E-state index is 8.59. The van der Waals surface area contributed by atoms with Gasteiger partial charge in [0.15, 0.2) is 0 Å². The molecule has 0 saturated heterocycles. The first-order chi connectivity index (χ1) is 2.00. The van der Waals surface area contributed by atoms with Crippen molar-refractivity contribution in [3.05, 3.63) is 0 Å². The van der Waals surface area contributed by atoms with Crippen LogP contribution in [-0.4, -0.2) is 13.4 Å². The molecule has 0 aromatic heterocycles. The Hall–Kier alpha value is 1.55. The molecule has 0 aliphatic heterocycles. The van der Waals surface area contributed by atoms with Crippen LogP contribution in [0, 0.1) is 0 Å². The van der Waals surface area contributed by atoms with Crippen LogP contribution in [0.15, 0.2) is 0 Å². The van der Waals surface area contributed by atoms with E-state index in [4.69, 9.17) is 16.0 Å². The Labute approximate surface area is 75.1 Å². The zero-order valence-corrected chi connectivity index (χ0v) is 8.13. The zero-order valence-electron chi connectivity index (χ0n) is 3.37. The summed E-state index contributed by atoms with van der Waals surface area (Å²) >= 11 is -5.75. The van der Waals surface area contributed by atoms with Crippen molar-refractivity contribution in [1.82, 2.24) is 0 Å². The fourth-order valence-corrected chi connectivity index (χ4v) is 0. The molecule has 0 heterocycles. The minimum Gasteiger partial charge on any atom is 1.00 e. The van der Waals surface area contributed by atoms with Crippen LogP contribution in [0.5, 0.6) is 0 Å². The molecule has 7 heavy (non-hydrogen) atoms. The van der Waals surface area contributed by atoms with Crippen LogP contribution < -0.4 is 37.9 Å². The van der Waals surface area contributed by atoms with Gasteiger partial charge in [-0.3, -0.25) is 0 Å². The fraction of sp³-hybridized carbons (Fsp3) is 0. The summed E-state index contributed by atoms with van der Waals surface area (Å²) < 4.78 is 34.4. The van der Waals surface area contributed by atoms with E-state index < -0.39 is 13.4 Å². The van der Waals surface area contributed by atoms with E-state index in [2.05, 4.69) is 0 Å². The minimum atomic E-state index is -5.75. The van der Waals surface area contributed by atoms with Crippen molar-refractivity contribution in [1.29, 1.82) is 0 Å². The smallest absolute Gasteiger partial charge is 1.00 e. The molecule has 39 valence electrons. The second-order valence-corrected chi connectivity index (χ2v) is 2.12. The Morgan fingerprint density at radius 2 is 1.14 bits per heavy atom. The second-order valence-electron chi connectivity index (χ2n) is 0.408. The van der Waals surface area contributed by atoms with Crippen LogP contribution >= 0.6 is 0 Å². The average molecular weight is 225 g/mol. The van der Waals surface area contributed by atoms with Crippen LogP contribution in [0.25, 0.3) is 0 Å². The predicted molar refractivity (Wildman–Crippen MR) is 7.13 cm³/mol. The third-order valence-corrected chi connectivity index (χ3v) is 0. The Morgan fingerprint density at radius 3 is 1.14 bits per heavy atom. The molecular weight excluding hydrogens is 225 g/mol. The molecule has 0 saturated carbocycles. The van der Waals surface area contributed by atoms with Crippen LogP contribution in [0.3, 0.4) is 0 Å². The molecule has 0 fully saturated rings. The molecule has 0 bridgehead atoms. The topological polar surface area (TPSA) is 80.3 Å². The van der Waals surface area contributed by atoms with E-state index in [0.717, 1.165) is 0 Å². The van der Waals surface area contributed by atoms with Crippen LogP contribution in [0.1, 0.15) is 0 Å². The summed E-state index contributed by atoms with van der Waals surface area (Å²) in [6.45, 7) is 0. The maximum absolute atomic E-state index is 8.59. The number of hydrogen-bond donors (Lipinski definition) is 0. The van der Waals surface area contributed by atoms with Gasteiger partial charge in [0.25, 0.3) is 0 Å². The van der Waals surface area contributed by atoms with Crippen molar-refractivity contribution in [3.8, 4) is 0 Å². The molecule has 0 aromatic carbocycles. The van der Waals surface area contributed by atoms with E-state index in [-0.39, 0.29) is 46.3 Å². The Bertz CT molecular complexity index is 94.9. The summed E-state index contributed by atoms with van der Waals surface area (Å²) in [4.78, 5) is 0. The molecule has 0 spiro atoms. The summed E-state index contributed by atoms with van der Waals surface area (Å²) in [6.07, 6.45) is 0. The molecule has 0 aliphatic rings. The molecule has 0 aliphatic carbocycles. The van der Waals surface area contributed by atoms with Gasteiger partial charge >= 0.3 is 75.8 Å². The van der Waals surface area contributed by atoms with Gasteiger partial charge in [0.2, 0.25) is 0 Å². The van der Waals surface area contributed by atoms with Gasteiger partial charge < -0.3 is 0 Å². The first kappa shape index (κ1) is 15.8. The third-order valence-electron chi connectivity index (χ3n) is 0. The zero-order chi connectivity index (χ0) is 4.50. The van der Waals surface area contributed by atoms with Gasteiger partial charge in [-0.05, 0) is 0 Å². The first-order valence-corrected chi connectivity index (χ1v) is 3.46. The summed E-state index contributed by atoms with van der Waals surface area (Å²) in [5, 5.41) is 0. The monoisotopic (exact) mass is 226 g/mol. The fourth-order valence-electron chi connectivity index (χ4n) is 0. The van der Waals surface area contributed by atoms with Crippen molar-refractivity contribution < 1.29 is 62.4 Å². The molecule has 0 unspecified atom stereocenters. The van der Waals surface area contributed by atoms with Crippen molar-refractivity contribution in [2.75, 3.05) is 0 Å². The van der Waals surface area contributed by atoms with Gasteiger partial charge in [-0.1, -0.05) is 0 Å². The Kier molecular flexibility index (Phi) is 12.8. The van der Waals surface area contributed by atoms with Crippen molar-refractivity contribution >= 4 is 13.4 Å². The van der Waals surface area contributed by atoms with E-state index in [1.165, 1.54) is 0 Å². The van der Waals surface area contributed by atoms with E-state index in [1.807, 2.05) is 0 Å². The molecule has 0 rings (SSSR count). The summed E-state index contributed by atoms with van der Waals surface area (Å²) in [5.74, 6) is 0. The van der Waals surface area contributed by atoms with E-state index in [1.54, 1.807) is 0 Å². The Balaban J connectivity index is -0.0000000800. The Morgan fingerprint density at radius 1 is 1.14 bits per heavy atom. The molecule has 7 heteroatoms. The largest absolute Gasteiger partial charge is 2.00 e. The van der Waals surface area contributed by atoms with Gasteiger partial charge in [0, 0.05) is 0 Å². The molecule has 0 N–H and O–H groups in total. The third kappa shape index (κ3) is 97.1. The molecule has 0 atom stereocenters. The normalized spacial score (nSPS) is 8.29. The van der Waals surface area contributed by atoms with Gasteiger partial charge in [0.05, 0.1) is 0 Å². The van der Waals surface area contributed by atoms with E-state index in [9.17, 15) is 0 Å². The summed E-state index contributed by atoms with van der Waals surface area (Å²) in [5.41, 5.74) is 0. The predicted octanol–water partition coefficient (Wildman–Crippen LogP) is -5.99. The summed E-state index contributed by atoms with van der Waals surface area (Å²) in [7, 11) is 0. The first-order valence-electron chi connectivity index (χ1n) is 0.667. The summed E-state index contributed by atoms with van der Waals surface area (Å²) in [6, 6.07) is 0. The number of rotatable bonds is 0. The van der Waals surface area contributed by atoms with Crippen molar-refractivity contribution in [2.24, 2.45) is 0 Å².